The average Bonchev–Trinajstić information content (AvgIpc) is 2.30. The van der Waals surface area contributed by atoms with Crippen LogP contribution in [-0.2, 0) is 12.7 Å². The van der Waals surface area contributed by atoms with Gasteiger partial charge in [-0.2, -0.15) is 13.2 Å². The Morgan fingerprint density at radius 2 is 2.00 bits per heavy atom. The molecule has 0 aliphatic carbocycles. The van der Waals surface area contributed by atoms with Gasteiger partial charge < -0.3 is 4.57 Å². The number of pyridine rings is 2. The fourth-order valence-electron chi connectivity index (χ4n) is 1.56. The highest BCUT2D eigenvalue weighted by molar-refractivity contribution is 9.10. The fourth-order valence-corrected chi connectivity index (χ4v) is 1.97. The van der Waals surface area contributed by atoms with Crippen molar-refractivity contribution in [2.24, 2.45) is 0 Å². The smallest absolute Gasteiger partial charge is 0.310 e. The van der Waals surface area contributed by atoms with Crippen LogP contribution in [0.15, 0.2) is 46.1 Å². The molecule has 7 heteroatoms. The highest BCUT2D eigenvalue weighted by atomic mass is 79.9. The van der Waals surface area contributed by atoms with Crippen molar-refractivity contribution >= 4 is 15.9 Å². The Kier molecular flexibility index (Phi) is 3.75. The standard InChI is InChI=1S/C12H8BrF3N2O/c13-10-3-8(4-17-5-10)6-18-7-9(12(14,15)16)1-2-11(18)19/h1-5,7H,6H2. The number of hydrogen-bond acceptors (Lipinski definition) is 2. The van der Waals surface area contributed by atoms with Crippen LogP contribution in [0.2, 0.25) is 0 Å². The van der Waals surface area contributed by atoms with Gasteiger partial charge in [-0.1, -0.05) is 0 Å². The minimum atomic E-state index is -4.47. The molecule has 0 aliphatic heterocycles. The zero-order valence-electron chi connectivity index (χ0n) is 9.49. The van der Waals surface area contributed by atoms with Crippen LogP contribution >= 0.6 is 15.9 Å². The number of halogens is 4. The normalized spacial score (nSPS) is 11.6. The van der Waals surface area contributed by atoms with Crippen molar-refractivity contribution in [3.8, 4) is 0 Å². The molecule has 0 aliphatic rings. The van der Waals surface area contributed by atoms with E-state index in [4.69, 9.17) is 0 Å². The van der Waals surface area contributed by atoms with Gasteiger partial charge in [-0.3, -0.25) is 9.78 Å². The van der Waals surface area contributed by atoms with Crippen molar-refractivity contribution in [3.63, 3.8) is 0 Å². The number of hydrogen-bond donors (Lipinski definition) is 0. The van der Waals surface area contributed by atoms with Crippen molar-refractivity contribution in [1.29, 1.82) is 0 Å². The van der Waals surface area contributed by atoms with Crippen LogP contribution in [-0.4, -0.2) is 9.55 Å². The van der Waals surface area contributed by atoms with Crippen LogP contribution in [0, 0.1) is 0 Å². The maximum absolute atomic E-state index is 12.6. The van der Waals surface area contributed by atoms with Gasteiger partial charge in [0.25, 0.3) is 5.56 Å². The summed E-state index contributed by atoms with van der Waals surface area (Å²) in [5, 5.41) is 0. The molecule has 2 rings (SSSR count). The van der Waals surface area contributed by atoms with Crippen molar-refractivity contribution in [1.82, 2.24) is 9.55 Å². The highest BCUT2D eigenvalue weighted by Crippen LogP contribution is 2.28. The number of nitrogens with zero attached hydrogens (tertiary/aromatic N) is 2. The van der Waals surface area contributed by atoms with Crippen LogP contribution in [0.25, 0.3) is 0 Å². The summed E-state index contributed by atoms with van der Waals surface area (Å²) in [6, 6.07) is 3.38. The maximum Gasteiger partial charge on any atom is 0.417 e. The molecular weight excluding hydrogens is 325 g/mol. The van der Waals surface area contributed by atoms with Crippen LogP contribution in [0.1, 0.15) is 11.1 Å². The third kappa shape index (κ3) is 3.44. The van der Waals surface area contributed by atoms with E-state index in [1.54, 1.807) is 12.3 Å². The van der Waals surface area contributed by atoms with Gasteiger partial charge in [-0.25, -0.2) is 0 Å². The Morgan fingerprint density at radius 3 is 2.63 bits per heavy atom. The molecule has 2 aromatic rings. The topological polar surface area (TPSA) is 34.9 Å². The van der Waals surface area contributed by atoms with Gasteiger partial charge in [-0.15, -0.1) is 0 Å². The van der Waals surface area contributed by atoms with E-state index in [2.05, 4.69) is 20.9 Å². The van der Waals surface area contributed by atoms with Gasteiger partial charge in [-0.05, 0) is 33.6 Å². The van der Waals surface area contributed by atoms with Gasteiger partial charge in [0.1, 0.15) is 0 Å². The third-order valence-electron chi connectivity index (χ3n) is 2.43. The van der Waals surface area contributed by atoms with E-state index in [-0.39, 0.29) is 6.54 Å². The number of aromatic nitrogens is 2. The maximum atomic E-state index is 12.6. The number of rotatable bonds is 2. The average molecular weight is 333 g/mol. The summed E-state index contributed by atoms with van der Waals surface area (Å²) in [4.78, 5) is 15.4. The Morgan fingerprint density at radius 1 is 1.26 bits per heavy atom. The van der Waals surface area contributed by atoms with Gasteiger partial charge in [0.05, 0.1) is 12.1 Å². The second-order valence-electron chi connectivity index (χ2n) is 3.89. The summed E-state index contributed by atoms with van der Waals surface area (Å²) in [6.45, 7) is 0.0369. The quantitative estimate of drug-likeness (QED) is 0.847. The van der Waals surface area contributed by atoms with Crippen LogP contribution in [0.3, 0.4) is 0 Å². The lowest BCUT2D eigenvalue weighted by Crippen LogP contribution is -2.21. The molecule has 0 amide bonds. The second kappa shape index (κ2) is 5.16. The Hall–Kier alpha value is -1.63. The Bertz CT molecular complexity index is 652. The molecule has 0 radical (unpaired) electrons. The van der Waals surface area contributed by atoms with Crippen molar-refractivity contribution in [3.05, 3.63) is 62.7 Å². The summed E-state index contributed by atoms with van der Waals surface area (Å²) in [6.07, 6.45) is -0.607. The SMILES string of the molecule is O=c1ccc(C(F)(F)F)cn1Cc1cncc(Br)c1. The molecule has 2 aromatic heterocycles. The van der Waals surface area contributed by atoms with E-state index in [0.29, 0.717) is 10.0 Å². The Labute approximate surface area is 114 Å². The largest absolute Gasteiger partial charge is 0.417 e. The van der Waals surface area contributed by atoms with Gasteiger partial charge in [0.15, 0.2) is 0 Å². The lowest BCUT2D eigenvalue weighted by atomic mass is 10.2. The predicted octanol–water partition coefficient (Wildman–Crippen LogP) is 3.07. The molecule has 100 valence electrons. The molecule has 0 N–H and O–H groups in total. The van der Waals surface area contributed by atoms with Crippen molar-refractivity contribution in [2.75, 3.05) is 0 Å². The first-order chi connectivity index (χ1) is 8.86. The predicted molar refractivity (Wildman–Crippen MR) is 66.7 cm³/mol. The lowest BCUT2D eigenvalue weighted by molar-refractivity contribution is -0.138. The highest BCUT2D eigenvalue weighted by Gasteiger charge is 2.31. The van der Waals surface area contributed by atoms with Crippen LogP contribution in [0.4, 0.5) is 13.2 Å². The van der Waals surface area contributed by atoms with Gasteiger partial charge in [0.2, 0.25) is 0 Å². The first-order valence-electron chi connectivity index (χ1n) is 5.23. The minimum absolute atomic E-state index is 0.0369. The summed E-state index contributed by atoms with van der Waals surface area (Å²) >= 11 is 3.21. The molecule has 2 heterocycles. The first kappa shape index (κ1) is 13.8. The third-order valence-corrected chi connectivity index (χ3v) is 2.86. The lowest BCUT2D eigenvalue weighted by Gasteiger charge is -2.10. The fraction of sp³-hybridized carbons (Fsp3) is 0.167. The van der Waals surface area contributed by atoms with Gasteiger partial charge >= 0.3 is 6.18 Å². The second-order valence-corrected chi connectivity index (χ2v) is 4.81. The summed E-state index contributed by atoms with van der Waals surface area (Å²) in [5.74, 6) is 0. The monoisotopic (exact) mass is 332 g/mol. The van der Waals surface area contributed by atoms with E-state index < -0.39 is 17.3 Å². The molecule has 0 atom stereocenters. The summed E-state index contributed by atoms with van der Waals surface area (Å²) in [7, 11) is 0. The molecule has 0 bridgehead atoms. The first-order valence-corrected chi connectivity index (χ1v) is 6.03. The van der Waals surface area contributed by atoms with Crippen molar-refractivity contribution in [2.45, 2.75) is 12.7 Å². The van der Waals surface area contributed by atoms with Gasteiger partial charge in [0, 0.05) is 29.1 Å². The molecule has 0 saturated carbocycles. The van der Waals surface area contributed by atoms with Crippen molar-refractivity contribution < 1.29 is 13.2 Å². The van der Waals surface area contributed by atoms with E-state index >= 15 is 0 Å². The molecule has 0 saturated heterocycles. The zero-order chi connectivity index (χ0) is 14.0. The molecular formula is C12H8BrF3N2O. The molecule has 0 unspecified atom stereocenters. The van der Waals surface area contributed by atoms with Crippen LogP contribution in [0.5, 0.6) is 0 Å². The molecule has 3 nitrogen and oxygen atoms in total. The van der Waals surface area contributed by atoms with E-state index in [9.17, 15) is 18.0 Å². The molecule has 19 heavy (non-hydrogen) atoms. The molecule has 0 fully saturated rings. The van der Waals surface area contributed by atoms with E-state index in [1.165, 1.54) is 6.20 Å². The Balaban J connectivity index is 2.37. The minimum Gasteiger partial charge on any atom is -0.310 e. The van der Waals surface area contributed by atoms with E-state index in [1.807, 2.05) is 0 Å². The summed E-state index contributed by atoms with van der Waals surface area (Å²) < 4.78 is 39.4. The van der Waals surface area contributed by atoms with E-state index in [0.717, 1.165) is 22.9 Å². The summed E-state index contributed by atoms with van der Waals surface area (Å²) in [5.41, 5.74) is -0.709. The molecule has 0 aromatic carbocycles. The van der Waals surface area contributed by atoms with Crippen LogP contribution < -0.4 is 5.56 Å². The number of alkyl halides is 3. The molecule has 0 spiro atoms. The zero-order valence-corrected chi connectivity index (χ0v) is 11.1.